The average Bonchev–Trinajstić information content (AvgIpc) is 2.33. The fraction of sp³-hybridized carbons (Fsp3) is 0.167. The first-order chi connectivity index (χ1) is 7.86. The molecule has 82 valence electrons. The maximum atomic E-state index is 5.97. The summed E-state index contributed by atoms with van der Waals surface area (Å²) in [7, 11) is 0. The van der Waals surface area contributed by atoms with Crippen molar-refractivity contribution in [3.05, 3.63) is 53.4 Å². The van der Waals surface area contributed by atoms with Gasteiger partial charge in [-0.1, -0.05) is 17.7 Å². The van der Waals surface area contributed by atoms with E-state index in [1.807, 2.05) is 24.4 Å². The molecule has 0 aromatic carbocycles. The number of anilines is 1. The predicted molar refractivity (Wildman–Crippen MR) is 65.7 cm³/mol. The monoisotopic (exact) mass is 233 g/mol. The fourth-order valence-electron chi connectivity index (χ4n) is 1.39. The number of hydrogen-bond donors (Lipinski definition) is 1. The Hall–Kier alpha value is -1.61. The first kappa shape index (κ1) is 10.9. The van der Waals surface area contributed by atoms with E-state index < -0.39 is 0 Å². The lowest BCUT2D eigenvalue weighted by Gasteiger charge is -2.06. The van der Waals surface area contributed by atoms with Crippen LogP contribution in [0.25, 0.3) is 0 Å². The zero-order chi connectivity index (χ0) is 11.2. The summed E-state index contributed by atoms with van der Waals surface area (Å²) in [4.78, 5) is 8.21. The third-order valence-corrected chi connectivity index (χ3v) is 2.49. The Kier molecular flexibility index (Phi) is 3.72. The van der Waals surface area contributed by atoms with Crippen molar-refractivity contribution in [2.75, 3.05) is 11.9 Å². The van der Waals surface area contributed by atoms with Gasteiger partial charge in [-0.2, -0.15) is 0 Å². The second-order valence-electron chi connectivity index (χ2n) is 3.37. The minimum atomic E-state index is 0.647. The largest absolute Gasteiger partial charge is 0.369 e. The van der Waals surface area contributed by atoms with Crippen molar-refractivity contribution in [2.24, 2.45) is 0 Å². The van der Waals surface area contributed by atoms with Gasteiger partial charge in [-0.25, -0.2) is 4.98 Å². The topological polar surface area (TPSA) is 37.8 Å². The minimum Gasteiger partial charge on any atom is -0.369 e. The molecule has 0 radical (unpaired) electrons. The standard InChI is InChI=1S/C12H12ClN3/c13-11-4-2-7-15-12(11)16-8-5-10-3-1-6-14-9-10/h1-4,6-7,9H,5,8H2,(H,15,16). The lowest BCUT2D eigenvalue weighted by atomic mass is 10.2. The van der Waals surface area contributed by atoms with Gasteiger partial charge in [0.05, 0.1) is 5.02 Å². The van der Waals surface area contributed by atoms with Crippen LogP contribution in [0.3, 0.4) is 0 Å². The second-order valence-corrected chi connectivity index (χ2v) is 3.78. The van der Waals surface area contributed by atoms with E-state index in [9.17, 15) is 0 Å². The third kappa shape index (κ3) is 2.94. The van der Waals surface area contributed by atoms with Crippen LogP contribution >= 0.6 is 11.6 Å². The Morgan fingerprint density at radius 1 is 1.19 bits per heavy atom. The zero-order valence-corrected chi connectivity index (χ0v) is 9.48. The predicted octanol–water partition coefficient (Wildman–Crippen LogP) is 2.78. The van der Waals surface area contributed by atoms with Crippen molar-refractivity contribution in [1.29, 1.82) is 0 Å². The summed E-state index contributed by atoms with van der Waals surface area (Å²) in [5.74, 6) is 0.730. The van der Waals surface area contributed by atoms with E-state index in [2.05, 4.69) is 21.4 Å². The maximum Gasteiger partial charge on any atom is 0.144 e. The van der Waals surface area contributed by atoms with Crippen molar-refractivity contribution < 1.29 is 0 Å². The summed E-state index contributed by atoms with van der Waals surface area (Å²) in [6.45, 7) is 0.794. The lowest BCUT2D eigenvalue weighted by molar-refractivity contribution is 0.994. The molecule has 0 amide bonds. The molecule has 0 atom stereocenters. The molecule has 2 aromatic heterocycles. The highest BCUT2D eigenvalue weighted by Gasteiger charge is 1.99. The van der Waals surface area contributed by atoms with Crippen molar-refractivity contribution in [1.82, 2.24) is 9.97 Å². The van der Waals surface area contributed by atoms with Crippen LogP contribution < -0.4 is 5.32 Å². The highest BCUT2D eigenvalue weighted by Crippen LogP contribution is 2.16. The highest BCUT2D eigenvalue weighted by atomic mass is 35.5. The Bertz CT molecular complexity index is 445. The molecule has 0 saturated carbocycles. The Morgan fingerprint density at radius 3 is 2.81 bits per heavy atom. The molecule has 0 spiro atoms. The van der Waals surface area contributed by atoms with Crippen molar-refractivity contribution in [3.63, 3.8) is 0 Å². The molecule has 0 aliphatic heterocycles. The molecule has 3 nitrogen and oxygen atoms in total. The van der Waals surface area contributed by atoms with Gasteiger partial charge in [0.15, 0.2) is 0 Å². The molecule has 0 saturated heterocycles. The number of nitrogens with zero attached hydrogens (tertiary/aromatic N) is 2. The van der Waals surface area contributed by atoms with Gasteiger partial charge in [0, 0.05) is 25.1 Å². The number of hydrogen-bond acceptors (Lipinski definition) is 3. The van der Waals surface area contributed by atoms with Gasteiger partial charge >= 0.3 is 0 Å². The molecule has 0 aliphatic carbocycles. The summed E-state index contributed by atoms with van der Waals surface area (Å²) in [6, 6.07) is 7.62. The third-order valence-electron chi connectivity index (χ3n) is 2.19. The molecular formula is C12H12ClN3. The second kappa shape index (κ2) is 5.47. The van der Waals surface area contributed by atoms with E-state index in [1.54, 1.807) is 12.4 Å². The van der Waals surface area contributed by atoms with Crippen LogP contribution in [0.2, 0.25) is 5.02 Å². The number of nitrogens with one attached hydrogen (secondary N) is 1. The zero-order valence-electron chi connectivity index (χ0n) is 8.73. The van der Waals surface area contributed by atoms with Crippen LogP contribution in [-0.4, -0.2) is 16.5 Å². The van der Waals surface area contributed by atoms with E-state index >= 15 is 0 Å². The van der Waals surface area contributed by atoms with Gasteiger partial charge < -0.3 is 5.32 Å². The SMILES string of the molecule is Clc1cccnc1NCCc1cccnc1. The minimum absolute atomic E-state index is 0.647. The number of pyridine rings is 2. The van der Waals surface area contributed by atoms with Crippen LogP contribution in [0.15, 0.2) is 42.9 Å². The van der Waals surface area contributed by atoms with E-state index in [-0.39, 0.29) is 0 Å². The molecule has 2 rings (SSSR count). The van der Waals surface area contributed by atoms with E-state index in [0.717, 1.165) is 18.8 Å². The Balaban J connectivity index is 1.87. The molecule has 1 N–H and O–H groups in total. The number of halogens is 1. The fourth-order valence-corrected chi connectivity index (χ4v) is 1.58. The maximum absolute atomic E-state index is 5.97. The number of rotatable bonds is 4. The summed E-state index contributed by atoms with van der Waals surface area (Å²) in [6.07, 6.45) is 6.26. The van der Waals surface area contributed by atoms with Gasteiger partial charge in [0.25, 0.3) is 0 Å². The van der Waals surface area contributed by atoms with Crippen LogP contribution in [0.1, 0.15) is 5.56 Å². The molecule has 16 heavy (non-hydrogen) atoms. The van der Waals surface area contributed by atoms with E-state index in [0.29, 0.717) is 5.02 Å². The first-order valence-electron chi connectivity index (χ1n) is 5.09. The average molecular weight is 234 g/mol. The molecule has 2 heterocycles. The number of aromatic nitrogens is 2. The van der Waals surface area contributed by atoms with Crippen LogP contribution in [-0.2, 0) is 6.42 Å². The van der Waals surface area contributed by atoms with Gasteiger partial charge in [-0.3, -0.25) is 4.98 Å². The van der Waals surface area contributed by atoms with E-state index in [1.165, 1.54) is 5.56 Å². The molecule has 0 aliphatic rings. The lowest BCUT2D eigenvalue weighted by Crippen LogP contribution is -2.06. The smallest absolute Gasteiger partial charge is 0.144 e. The van der Waals surface area contributed by atoms with E-state index in [4.69, 9.17) is 11.6 Å². The van der Waals surface area contributed by atoms with Crippen molar-refractivity contribution in [3.8, 4) is 0 Å². The summed E-state index contributed by atoms with van der Waals surface area (Å²) in [5.41, 5.74) is 1.20. The van der Waals surface area contributed by atoms with Gasteiger partial charge in [0.2, 0.25) is 0 Å². The van der Waals surface area contributed by atoms with Crippen molar-refractivity contribution in [2.45, 2.75) is 6.42 Å². The van der Waals surface area contributed by atoms with Crippen LogP contribution in [0.5, 0.6) is 0 Å². The van der Waals surface area contributed by atoms with Gasteiger partial charge in [-0.05, 0) is 30.2 Å². The molecule has 4 heteroatoms. The first-order valence-corrected chi connectivity index (χ1v) is 5.47. The highest BCUT2D eigenvalue weighted by molar-refractivity contribution is 6.32. The van der Waals surface area contributed by atoms with Gasteiger partial charge in [-0.15, -0.1) is 0 Å². The molecule has 0 bridgehead atoms. The van der Waals surface area contributed by atoms with Crippen molar-refractivity contribution >= 4 is 17.4 Å². The Labute approximate surface area is 99.5 Å². The Morgan fingerprint density at radius 2 is 2.06 bits per heavy atom. The summed E-state index contributed by atoms with van der Waals surface area (Å²) in [5, 5.41) is 3.84. The molecule has 0 unspecified atom stereocenters. The van der Waals surface area contributed by atoms with Crippen LogP contribution in [0, 0.1) is 0 Å². The van der Waals surface area contributed by atoms with Gasteiger partial charge in [0.1, 0.15) is 5.82 Å². The molecule has 2 aromatic rings. The summed E-state index contributed by atoms with van der Waals surface area (Å²) < 4.78 is 0. The van der Waals surface area contributed by atoms with Crippen LogP contribution in [0.4, 0.5) is 5.82 Å². The molecular weight excluding hydrogens is 222 g/mol. The summed E-state index contributed by atoms with van der Waals surface area (Å²) >= 11 is 5.97. The normalized spacial score (nSPS) is 10.1. The quantitative estimate of drug-likeness (QED) is 0.883. The molecule has 0 fully saturated rings.